The smallest absolute Gasteiger partial charge is 0.265 e. The highest BCUT2D eigenvalue weighted by molar-refractivity contribution is 6.03. The lowest BCUT2D eigenvalue weighted by atomic mass is 10.2. The fourth-order valence-electron chi connectivity index (χ4n) is 2.39. The lowest BCUT2D eigenvalue weighted by Crippen LogP contribution is -2.02. The van der Waals surface area contributed by atoms with E-state index in [2.05, 4.69) is 30.7 Å². The lowest BCUT2D eigenvalue weighted by molar-refractivity contribution is 0.525. The van der Waals surface area contributed by atoms with Crippen LogP contribution in [0.25, 0.3) is 22.1 Å². The Kier molecular flexibility index (Phi) is 3.04. The number of nitrogens with zero attached hydrogens (tertiary/aromatic N) is 4. The van der Waals surface area contributed by atoms with Gasteiger partial charge in [-0.1, -0.05) is 18.2 Å². The van der Waals surface area contributed by atoms with E-state index < -0.39 is 0 Å². The molecule has 3 heterocycles. The van der Waals surface area contributed by atoms with Gasteiger partial charge in [0, 0.05) is 10.9 Å². The molecule has 0 radical (unpaired) electrons. The highest BCUT2D eigenvalue weighted by Gasteiger charge is 2.08. The van der Waals surface area contributed by atoms with Crippen LogP contribution in [0.15, 0.2) is 45.9 Å². The van der Waals surface area contributed by atoms with Crippen molar-refractivity contribution in [2.24, 2.45) is 5.10 Å². The predicted molar refractivity (Wildman–Crippen MR) is 88.5 cm³/mol. The number of benzene rings is 1. The van der Waals surface area contributed by atoms with E-state index in [1.54, 1.807) is 0 Å². The highest BCUT2D eigenvalue weighted by atomic mass is 16.3. The fourth-order valence-corrected chi connectivity index (χ4v) is 2.39. The van der Waals surface area contributed by atoms with Gasteiger partial charge >= 0.3 is 0 Å². The number of nitrogens with one attached hydrogen (secondary N) is 2. The number of rotatable bonds is 3. The van der Waals surface area contributed by atoms with Gasteiger partial charge in [-0.2, -0.15) is 10.1 Å². The summed E-state index contributed by atoms with van der Waals surface area (Å²) >= 11 is 0. The summed E-state index contributed by atoms with van der Waals surface area (Å²) in [6.45, 7) is 3.74. The largest absolute Gasteiger partial charge is 0.460 e. The summed E-state index contributed by atoms with van der Waals surface area (Å²) in [7, 11) is 0. The third-order valence-corrected chi connectivity index (χ3v) is 3.54. The Balaban J connectivity index is 1.65. The first kappa shape index (κ1) is 13.4. The first-order valence-electron chi connectivity index (χ1n) is 7.19. The molecule has 0 aliphatic heterocycles. The van der Waals surface area contributed by atoms with Crippen molar-refractivity contribution >= 4 is 33.7 Å². The van der Waals surface area contributed by atoms with E-state index in [4.69, 9.17) is 4.42 Å². The van der Waals surface area contributed by atoms with Gasteiger partial charge in [0.15, 0.2) is 5.65 Å². The molecule has 7 heteroatoms. The summed E-state index contributed by atoms with van der Waals surface area (Å²) in [5, 5.41) is 13.5. The van der Waals surface area contributed by atoms with E-state index in [0.717, 1.165) is 22.2 Å². The SMILES string of the molecule is CC(=NNc1nnc2c(n1)[nH]c1ccccc12)c1ccc(C)o1. The monoisotopic (exact) mass is 306 g/mol. The van der Waals surface area contributed by atoms with Gasteiger partial charge in [0.05, 0.1) is 0 Å². The summed E-state index contributed by atoms with van der Waals surface area (Å²) in [5.74, 6) is 1.87. The molecule has 23 heavy (non-hydrogen) atoms. The van der Waals surface area contributed by atoms with Gasteiger partial charge in [0.1, 0.15) is 22.7 Å². The predicted octanol–water partition coefficient (Wildman–Crippen LogP) is 3.24. The Hall–Kier alpha value is -3.22. The van der Waals surface area contributed by atoms with E-state index in [-0.39, 0.29) is 0 Å². The summed E-state index contributed by atoms with van der Waals surface area (Å²) in [5.41, 5.74) is 5.91. The zero-order chi connectivity index (χ0) is 15.8. The van der Waals surface area contributed by atoms with Crippen LogP contribution in [0, 0.1) is 6.92 Å². The Morgan fingerprint density at radius 1 is 1.17 bits per heavy atom. The van der Waals surface area contributed by atoms with Gasteiger partial charge in [-0.05, 0) is 32.0 Å². The van der Waals surface area contributed by atoms with Crippen LogP contribution in [0.3, 0.4) is 0 Å². The number of anilines is 1. The van der Waals surface area contributed by atoms with Gasteiger partial charge in [-0.3, -0.25) is 0 Å². The molecule has 2 N–H and O–H groups in total. The number of aromatic nitrogens is 4. The third-order valence-electron chi connectivity index (χ3n) is 3.54. The zero-order valence-corrected chi connectivity index (χ0v) is 12.7. The molecule has 1 aromatic carbocycles. The van der Waals surface area contributed by atoms with Gasteiger partial charge in [0.25, 0.3) is 5.95 Å². The average molecular weight is 306 g/mol. The van der Waals surface area contributed by atoms with Gasteiger partial charge in [0.2, 0.25) is 0 Å². The Morgan fingerprint density at radius 3 is 2.87 bits per heavy atom. The number of aromatic amines is 1. The van der Waals surface area contributed by atoms with Crippen LogP contribution in [-0.2, 0) is 0 Å². The second-order valence-corrected chi connectivity index (χ2v) is 5.22. The van der Waals surface area contributed by atoms with Gasteiger partial charge in [-0.25, -0.2) is 5.43 Å². The van der Waals surface area contributed by atoms with Gasteiger partial charge < -0.3 is 9.40 Å². The second-order valence-electron chi connectivity index (χ2n) is 5.22. The summed E-state index contributed by atoms with van der Waals surface area (Å²) in [4.78, 5) is 7.63. The molecular formula is C16H14N6O. The molecule has 4 aromatic rings. The van der Waals surface area contributed by atoms with Gasteiger partial charge in [-0.15, -0.1) is 10.2 Å². The Labute approximate surface area is 131 Å². The van der Waals surface area contributed by atoms with Crippen molar-refractivity contribution in [3.05, 3.63) is 47.9 Å². The number of hydrogen-bond acceptors (Lipinski definition) is 6. The van der Waals surface area contributed by atoms with Crippen LogP contribution in [0.1, 0.15) is 18.4 Å². The number of aryl methyl sites for hydroxylation is 1. The molecule has 3 aromatic heterocycles. The number of hydrogen-bond donors (Lipinski definition) is 2. The van der Waals surface area contributed by atoms with Crippen molar-refractivity contribution in [2.45, 2.75) is 13.8 Å². The number of furan rings is 1. The minimum atomic E-state index is 0.326. The number of fused-ring (bicyclic) bond motifs is 3. The first-order valence-corrected chi connectivity index (χ1v) is 7.19. The fraction of sp³-hybridized carbons (Fsp3) is 0.125. The number of hydrazone groups is 1. The van der Waals surface area contributed by atoms with Crippen LogP contribution in [0.4, 0.5) is 5.95 Å². The molecule has 4 rings (SSSR count). The molecule has 7 nitrogen and oxygen atoms in total. The Bertz CT molecular complexity index is 1030. The second kappa shape index (κ2) is 5.20. The van der Waals surface area contributed by atoms with E-state index in [9.17, 15) is 0 Å². The summed E-state index contributed by atoms with van der Waals surface area (Å²) < 4.78 is 5.51. The molecule has 114 valence electrons. The Morgan fingerprint density at radius 2 is 2.04 bits per heavy atom. The number of H-pyrrole nitrogens is 1. The molecule has 0 aliphatic carbocycles. The maximum absolute atomic E-state index is 5.51. The van der Waals surface area contributed by atoms with Crippen LogP contribution in [0.2, 0.25) is 0 Å². The molecule has 0 saturated heterocycles. The molecular weight excluding hydrogens is 292 g/mol. The topological polar surface area (TPSA) is 92.0 Å². The quantitative estimate of drug-likeness (QED) is 0.448. The summed E-state index contributed by atoms with van der Waals surface area (Å²) in [6, 6.07) is 11.6. The van der Waals surface area contributed by atoms with E-state index in [1.807, 2.05) is 50.2 Å². The molecule has 0 atom stereocenters. The molecule has 0 spiro atoms. The number of para-hydroxylation sites is 1. The maximum atomic E-state index is 5.51. The van der Waals surface area contributed by atoms with Crippen LogP contribution in [0.5, 0.6) is 0 Å². The minimum Gasteiger partial charge on any atom is -0.460 e. The molecule has 0 unspecified atom stereocenters. The van der Waals surface area contributed by atoms with Crippen molar-refractivity contribution in [3.8, 4) is 0 Å². The standard InChI is InChI=1S/C16H14N6O/c1-9-7-8-13(23-9)10(2)19-21-16-18-15-14(20-22-16)11-5-3-4-6-12(11)17-15/h3-8H,1-2H3,(H2,17,18,21,22). The molecule has 0 bridgehead atoms. The molecule has 0 saturated carbocycles. The van der Waals surface area contributed by atoms with Crippen LogP contribution < -0.4 is 5.43 Å². The van der Waals surface area contributed by atoms with Crippen molar-refractivity contribution in [2.75, 3.05) is 5.43 Å². The molecule has 0 aliphatic rings. The zero-order valence-electron chi connectivity index (χ0n) is 12.7. The first-order chi connectivity index (χ1) is 11.2. The summed E-state index contributed by atoms with van der Waals surface area (Å²) in [6.07, 6.45) is 0. The van der Waals surface area contributed by atoms with Crippen molar-refractivity contribution in [3.63, 3.8) is 0 Å². The normalized spacial score (nSPS) is 12.2. The van der Waals surface area contributed by atoms with E-state index in [1.165, 1.54) is 0 Å². The van der Waals surface area contributed by atoms with Crippen molar-refractivity contribution in [1.82, 2.24) is 20.2 Å². The van der Waals surface area contributed by atoms with Crippen molar-refractivity contribution in [1.29, 1.82) is 0 Å². The minimum absolute atomic E-state index is 0.326. The average Bonchev–Trinajstić information content (AvgIpc) is 3.15. The van der Waals surface area contributed by atoms with E-state index >= 15 is 0 Å². The highest BCUT2D eigenvalue weighted by Crippen LogP contribution is 2.21. The third kappa shape index (κ3) is 2.42. The molecule has 0 fully saturated rings. The molecule has 0 amide bonds. The van der Waals surface area contributed by atoms with Crippen LogP contribution in [-0.4, -0.2) is 25.9 Å². The van der Waals surface area contributed by atoms with Crippen LogP contribution >= 0.6 is 0 Å². The maximum Gasteiger partial charge on any atom is 0.265 e. The lowest BCUT2D eigenvalue weighted by Gasteiger charge is -1.99. The van der Waals surface area contributed by atoms with Crippen molar-refractivity contribution < 1.29 is 4.42 Å². The van der Waals surface area contributed by atoms with E-state index in [0.29, 0.717) is 23.1 Å².